The largest absolute Gasteiger partial charge is 0.348 e. The summed E-state index contributed by atoms with van der Waals surface area (Å²) in [5.74, 6) is 0.753. The number of pyridine rings is 1. The van der Waals surface area contributed by atoms with Gasteiger partial charge in [0.25, 0.3) is 0 Å². The van der Waals surface area contributed by atoms with Crippen LogP contribution in [0, 0.1) is 6.92 Å². The van der Waals surface area contributed by atoms with Crippen molar-refractivity contribution in [1.82, 2.24) is 4.98 Å². The van der Waals surface area contributed by atoms with Gasteiger partial charge in [-0.05, 0) is 44.0 Å². The summed E-state index contributed by atoms with van der Waals surface area (Å²) >= 11 is 0. The van der Waals surface area contributed by atoms with Crippen molar-refractivity contribution in [1.29, 1.82) is 0 Å². The number of aryl methyl sites for hydroxylation is 1. The molecule has 1 N–H and O–H groups in total. The third-order valence-electron chi connectivity index (χ3n) is 4.51. The Kier molecular flexibility index (Phi) is 6.80. The van der Waals surface area contributed by atoms with Crippen LogP contribution in [0.4, 0.5) is 11.5 Å². The van der Waals surface area contributed by atoms with Crippen LogP contribution in [0.2, 0.25) is 0 Å². The monoisotopic (exact) mass is 385 g/mol. The first kappa shape index (κ1) is 20.3. The van der Waals surface area contributed by atoms with Crippen LogP contribution in [0.5, 0.6) is 0 Å². The van der Waals surface area contributed by atoms with Crippen LogP contribution in [-0.2, 0) is 17.9 Å². The minimum absolute atomic E-state index is 0.131. The predicted molar refractivity (Wildman–Crippen MR) is 120 cm³/mol. The van der Waals surface area contributed by atoms with E-state index in [0.29, 0.717) is 0 Å². The first-order chi connectivity index (χ1) is 14.0. The van der Waals surface area contributed by atoms with E-state index in [1.165, 1.54) is 11.1 Å². The third-order valence-corrected chi connectivity index (χ3v) is 4.51. The standard InChI is InChI=1S/C25H27N3O/c1-19(2)16-25(29)27-23-14-15-24(26-20(23)3)28(17-21-10-6-4-7-11-21)18-22-12-8-5-9-13-22/h4-16H,17-18H2,1-3H3,(H,27,29). The zero-order valence-electron chi connectivity index (χ0n) is 17.2. The van der Waals surface area contributed by atoms with E-state index in [2.05, 4.69) is 58.7 Å². The number of hydrogen-bond acceptors (Lipinski definition) is 3. The molecule has 2 aromatic carbocycles. The van der Waals surface area contributed by atoms with Crippen molar-refractivity contribution in [2.75, 3.05) is 10.2 Å². The molecule has 0 atom stereocenters. The number of aromatic nitrogens is 1. The molecule has 0 bridgehead atoms. The molecule has 148 valence electrons. The average molecular weight is 386 g/mol. The van der Waals surface area contributed by atoms with Crippen molar-refractivity contribution < 1.29 is 4.79 Å². The quantitative estimate of drug-likeness (QED) is 0.546. The number of hydrogen-bond donors (Lipinski definition) is 1. The second-order valence-corrected chi connectivity index (χ2v) is 7.34. The third kappa shape index (κ3) is 6.04. The van der Waals surface area contributed by atoms with E-state index >= 15 is 0 Å². The molecule has 29 heavy (non-hydrogen) atoms. The molecule has 4 heteroatoms. The highest BCUT2D eigenvalue weighted by Crippen LogP contribution is 2.22. The molecule has 0 aliphatic heterocycles. The summed E-state index contributed by atoms with van der Waals surface area (Å²) in [5, 5.41) is 2.91. The minimum atomic E-state index is -0.131. The van der Waals surface area contributed by atoms with Gasteiger partial charge in [-0.2, -0.15) is 0 Å². The SMILES string of the molecule is CC(C)=CC(=O)Nc1ccc(N(Cc2ccccc2)Cc2ccccc2)nc1C. The zero-order chi connectivity index (χ0) is 20.6. The van der Waals surface area contributed by atoms with Crippen molar-refractivity contribution in [3.63, 3.8) is 0 Å². The minimum Gasteiger partial charge on any atom is -0.348 e. The molecule has 1 heterocycles. The number of anilines is 2. The van der Waals surface area contributed by atoms with Gasteiger partial charge < -0.3 is 10.2 Å². The van der Waals surface area contributed by atoms with Gasteiger partial charge in [-0.25, -0.2) is 4.98 Å². The summed E-state index contributed by atoms with van der Waals surface area (Å²) in [5.41, 5.74) is 4.94. The van der Waals surface area contributed by atoms with E-state index in [0.717, 1.165) is 35.9 Å². The maximum atomic E-state index is 12.1. The van der Waals surface area contributed by atoms with E-state index in [-0.39, 0.29) is 5.91 Å². The molecule has 0 unspecified atom stereocenters. The lowest BCUT2D eigenvalue weighted by molar-refractivity contribution is -0.112. The van der Waals surface area contributed by atoms with Gasteiger partial charge in [-0.3, -0.25) is 4.79 Å². The van der Waals surface area contributed by atoms with Crippen LogP contribution in [0.3, 0.4) is 0 Å². The van der Waals surface area contributed by atoms with Crippen LogP contribution in [-0.4, -0.2) is 10.9 Å². The number of carbonyl (C=O) groups is 1. The molecular formula is C25H27N3O. The second-order valence-electron chi connectivity index (χ2n) is 7.34. The van der Waals surface area contributed by atoms with Crippen LogP contribution in [0.1, 0.15) is 30.7 Å². The van der Waals surface area contributed by atoms with Crippen molar-refractivity contribution in [2.24, 2.45) is 0 Å². The molecule has 1 aromatic heterocycles. The van der Waals surface area contributed by atoms with E-state index in [1.807, 2.05) is 45.0 Å². The first-order valence-corrected chi connectivity index (χ1v) is 9.77. The lowest BCUT2D eigenvalue weighted by atomic mass is 10.1. The lowest BCUT2D eigenvalue weighted by Gasteiger charge is -2.25. The molecular weight excluding hydrogens is 358 g/mol. The van der Waals surface area contributed by atoms with Gasteiger partial charge in [0, 0.05) is 19.2 Å². The highest BCUT2D eigenvalue weighted by Gasteiger charge is 2.12. The topological polar surface area (TPSA) is 45.2 Å². The second kappa shape index (κ2) is 9.69. The molecule has 0 radical (unpaired) electrons. The predicted octanol–water partition coefficient (Wildman–Crippen LogP) is 5.50. The number of benzene rings is 2. The van der Waals surface area contributed by atoms with Gasteiger partial charge in [0.2, 0.25) is 5.91 Å². The van der Waals surface area contributed by atoms with Gasteiger partial charge in [-0.1, -0.05) is 66.2 Å². The Morgan fingerprint density at radius 3 is 1.93 bits per heavy atom. The molecule has 4 nitrogen and oxygen atoms in total. The molecule has 3 rings (SSSR count). The number of amides is 1. The van der Waals surface area contributed by atoms with Crippen molar-refractivity contribution in [2.45, 2.75) is 33.9 Å². The fraction of sp³-hybridized carbons (Fsp3) is 0.200. The van der Waals surface area contributed by atoms with Gasteiger partial charge in [0.1, 0.15) is 5.82 Å². The summed E-state index contributed by atoms with van der Waals surface area (Å²) in [6, 6.07) is 24.7. The van der Waals surface area contributed by atoms with Crippen molar-refractivity contribution in [3.05, 3.63) is 101 Å². The summed E-state index contributed by atoms with van der Waals surface area (Å²) in [6.07, 6.45) is 1.59. The normalized spacial score (nSPS) is 10.3. The Hall–Kier alpha value is -3.40. The van der Waals surface area contributed by atoms with E-state index in [9.17, 15) is 4.79 Å². The van der Waals surface area contributed by atoms with Crippen molar-refractivity contribution in [3.8, 4) is 0 Å². The zero-order valence-corrected chi connectivity index (χ0v) is 17.2. The van der Waals surface area contributed by atoms with Crippen molar-refractivity contribution >= 4 is 17.4 Å². The molecule has 0 aliphatic carbocycles. The molecule has 1 amide bonds. The van der Waals surface area contributed by atoms with Gasteiger partial charge in [0.15, 0.2) is 0 Å². The number of carbonyl (C=O) groups excluding carboxylic acids is 1. The Bertz CT molecular complexity index is 936. The number of rotatable bonds is 7. The average Bonchev–Trinajstić information content (AvgIpc) is 2.70. The Labute approximate surface area is 172 Å². The molecule has 0 saturated carbocycles. The van der Waals surface area contributed by atoms with E-state index < -0.39 is 0 Å². The Morgan fingerprint density at radius 2 is 1.45 bits per heavy atom. The van der Waals surface area contributed by atoms with E-state index in [1.54, 1.807) is 6.08 Å². The highest BCUT2D eigenvalue weighted by atomic mass is 16.1. The maximum absolute atomic E-state index is 12.1. The fourth-order valence-electron chi connectivity index (χ4n) is 3.11. The number of nitrogens with one attached hydrogen (secondary N) is 1. The van der Waals surface area contributed by atoms with Crippen LogP contribution in [0.25, 0.3) is 0 Å². The summed E-state index contributed by atoms with van der Waals surface area (Å²) in [4.78, 5) is 19.1. The fourth-order valence-corrected chi connectivity index (χ4v) is 3.11. The molecule has 0 saturated heterocycles. The van der Waals surface area contributed by atoms with Crippen LogP contribution < -0.4 is 10.2 Å². The number of nitrogens with zero attached hydrogens (tertiary/aromatic N) is 2. The smallest absolute Gasteiger partial charge is 0.248 e. The van der Waals surface area contributed by atoms with Gasteiger partial charge in [-0.15, -0.1) is 0 Å². The molecule has 0 fully saturated rings. The lowest BCUT2D eigenvalue weighted by Crippen LogP contribution is -2.23. The van der Waals surface area contributed by atoms with Crippen LogP contribution in [0.15, 0.2) is 84.4 Å². The number of allylic oxidation sites excluding steroid dienone is 1. The maximum Gasteiger partial charge on any atom is 0.248 e. The van der Waals surface area contributed by atoms with Gasteiger partial charge >= 0.3 is 0 Å². The summed E-state index contributed by atoms with van der Waals surface area (Å²) in [7, 11) is 0. The Morgan fingerprint density at radius 1 is 0.897 bits per heavy atom. The molecule has 3 aromatic rings. The summed E-state index contributed by atoms with van der Waals surface area (Å²) in [6.45, 7) is 7.24. The Balaban J connectivity index is 1.85. The molecule has 0 spiro atoms. The van der Waals surface area contributed by atoms with Gasteiger partial charge in [0.05, 0.1) is 11.4 Å². The van der Waals surface area contributed by atoms with Crippen LogP contribution >= 0.6 is 0 Å². The van der Waals surface area contributed by atoms with E-state index in [4.69, 9.17) is 4.98 Å². The summed E-state index contributed by atoms with van der Waals surface area (Å²) < 4.78 is 0. The highest BCUT2D eigenvalue weighted by molar-refractivity contribution is 6.00. The first-order valence-electron chi connectivity index (χ1n) is 9.77. The molecule has 0 aliphatic rings.